The van der Waals surface area contributed by atoms with Gasteiger partial charge in [0.2, 0.25) is 11.8 Å². The molecule has 1 aliphatic rings. The number of amides is 3. The molecule has 36 heavy (non-hydrogen) atoms. The second kappa shape index (κ2) is 13.1. The molecule has 1 aromatic carbocycles. The number of aliphatic hydroxyl groups excluding tert-OH is 1. The van der Waals surface area contributed by atoms with Gasteiger partial charge < -0.3 is 25.4 Å². The first-order valence-corrected chi connectivity index (χ1v) is 13.1. The predicted octanol–water partition coefficient (Wildman–Crippen LogP) is 4.16. The van der Waals surface area contributed by atoms with Crippen LogP contribution in [-0.2, 0) is 14.3 Å². The molecule has 8 nitrogen and oxygen atoms in total. The average molecular weight is 504 g/mol. The Morgan fingerprint density at radius 3 is 2.28 bits per heavy atom. The molecule has 8 heteroatoms. The Bertz CT molecular complexity index is 903. The highest BCUT2D eigenvalue weighted by Gasteiger charge is 2.38. The zero-order valence-corrected chi connectivity index (χ0v) is 23.0. The van der Waals surface area contributed by atoms with Crippen LogP contribution >= 0.6 is 0 Å². The quantitative estimate of drug-likeness (QED) is 0.469. The minimum Gasteiger partial charge on any atom is -0.444 e. The van der Waals surface area contributed by atoms with Crippen LogP contribution < -0.4 is 10.6 Å². The number of nitrogens with one attached hydrogen (secondary N) is 2. The van der Waals surface area contributed by atoms with Crippen LogP contribution in [0.4, 0.5) is 4.79 Å². The van der Waals surface area contributed by atoms with Gasteiger partial charge in [-0.05, 0) is 64.5 Å². The first-order chi connectivity index (χ1) is 16.8. The van der Waals surface area contributed by atoms with Gasteiger partial charge in [0.15, 0.2) is 0 Å². The van der Waals surface area contributed by atoms with Crippen molar-refractivity contribution >= 4 is 17.9 Å². The van der Waals surface area contributed by atoms with E-state index in [-0.39, 0.29) is 31.0 Å². The van der Waals surface area contributed by atoms with Gasteiger partial charge in [-0.2, -0.15) is 0 Å². The van der Waals surface area contributed by atoms with Crippen molar-refractivity contribution in [2.24, 2.45) is 5.92 Å². The maximum atomic E-state index is 13.9. The van der Waals surface area contributed by atoms with Crippen molar-refractivity contribution in [3.05, 3.63) is 34.9 Å². The highest BCUT2D eigenvalue weighted by Crippen LogP contribution is 2.28. The fraction of sp³-hybridized carbons (Fsp3) is 0.679. The van der Waals surface area contributed by atoms with Gasteiger partial charge in [-0.1, -0.05) is 56.9 Å². The van der Waals surface area contributed by atoms with Gasteiger partial charge >= 0.3 is 6.09 Å². The fourth-order valence-electron chi connectivity index (χ4n) is 4.71. The molecule has 0 spiro atoms. The number of nitrogens with zero attached hydrogens (tertiary/aromatic N) is 1. The molecule has 1 aliphatic carbocycles. The largest absolute Gasteiger partial charge is 0.444 e. The van der Waals surface area contributed by atoms with E-state index >= 15 is 0 Å². The van der Waals surface area contributed by atoms with Crippen molar-refractivity contribution in [2.45, 2.75) is 104 Å². The standard InChI is InChI=1S/C28H45N3O5/c1-18(2)23(30-27(35)36-28(5,6)7)26(34)31(15-16-32)24(22-14-13-19(3)17-20(22)4)25(33)29-21-11-9-8-10-12-21/h13-14,17-18,21,23-24,32H,8-12,15-16H2,1-7H3,(H,29,33)(H,30,35). The molecule has 0 aliphatic heterocycles. The molecular formula is C28H45N3O5. The number of hydrogen-bond donors (Lipinski definition) is 3. The molecule has 1 saturated carbocycles. The molecule has 0 aromatic heterocycles. The molecule has 2 rings (SSSR count). The summed E-state index contributed by atoms with van der Waals surface area (Å²) < 4.78 is 5.38. The number of carbonyl (C=O) groups excluding carboxylic acids is 3. The number of benzene rings is 1. The Hall–Kier alpha value is -2.61. The molecular weight excluding hydrogens is 458 g/mol. The van der Waals surface area contributed by atoms with Gasteiger partial charge in [0, 0.05) is 12.6 Å². The Morgan fingerprint density at radius 1 is 1.11 bits per heavy atom. The van der Waals surface area contributed by atoms with Crippen molar-refractivity contribution in [2.75, 3.05) is 13.2 Å². The predicted molar refractivity (Wildman–Crippen MR) is 140 cm³/mol. The summed E-state index contributed by atoms with van der Waals surface area (Å²) in [6, 6.07) is 3.97. The van der Waals surface area contributed by atoms with Gasteiger partial charge in [-0.15, -0.1) is 0 Å². The number of alkyl carbamates (subject to hydrolysis) is 1. The monoisotopic (exact) mass is 503 g/mol. The summed E-state index contributed by atoms with van der Waals surface area (Å²) in [5.74, 6) is -0.975. The number of aryl methyl sites for hydroxylation is 2. The minimum atomic E-state index is -0.936. The minimum absolute atomic E-state index is 0.0475. The summed E-state index contributed by atoms with van der Waals surface area (Å²) in [4.78, 5) is 41.7. The zero-order valence-electron chi connectivity index (χ0n) is 23.0. The number of rotatable bonds is 9. The van der Waals surface area contributed by atoms with E-state index in [4.69, 9.17) is 4.74 Å². The molecule has 3 amide bonds. The molecule has 2 unspecified atom stereocenters. The Morgan fingerprint density at radius 2 is 1.75 bits per heavy atom. The second-order valence-electron chi connectivity index (χ2n) is 11.2. The highest BCUT2D eigenvalue weighted by molar-refractivity contribution is 5.92. The van der Waals surface area contributed by atoms with E-state index in [0.29, 0.717) is 5.56 Å². The molecule has 202 valence electrons. The van der Waals surface area contributed by atoms with Crippen LogP contribution in [0.3, 0.4) is 0 Å². The first-order valence-electron chi connectivity index (χ1n) is 13.1. The van der Waals surface area contributed by atoms with Gasteiger partial charge in [0.25, 0.3) is 0 Å². The topological polar surface area (TPSA) is 108 Å². The Balaban J connectivity index is 2.45. The molecule has 0 heterocycles. The maximum absolute atomic E-state index is 13.9. The van der Waals surface area contributed by atoms with Crippen molar-refractivity contribution in [1.82, 2.24) is 15.5 Å². The van der Waals surface area contributed by atoms with E-state index in [9.17, 15) is 19.5 Å². The van der Waals surface area contributed by atoms with Crippen LogP contribution in [-0.4, -0.2) is 58.8 Å². The lowest BCUT2D eigenvalue weighted by Gasteiger charge is -2.36. The third-order valence-electron chi connectivity index (χ3n) is 6.46. The third kappa shape index (κ3) is 8.50. The number of aliphatic hydroxyl groups is 1. The van der Waals surface area contributed by atoms with Gasteiger partial charge in [-0.3, -0.25) is 9.59 Å². The average Bonchev–Trinajstić information content (AvgIpc) is 2.77. The maximum Gasteiger partial charge on any atom is 0.408 e. The van der Waals surface area contributed by atoms with E-state index in [0.717, 1.165) is 43.2 Å². The lowest BCUT2D eigenvalue weighted by Crippen LogP contribution is -2.56. The lowest BCUT2D eigenvalue weighted by molar-refractivity contribution is -0.144. The Labute approximate surface area is 216 Å². The molecule has 1 aromatic rings. The summed E-state index contributed by atoms with van der Waals surface area (Å²) in [6.07, 6.45) is 4.41. The van der Waals surface area contributed by atoms with E-state index in [1.54, 1.807) is 20.8 Å². The highest BCUT2D eigenvalue weighted by atomic mass is 16.6. The van der Waals surface area contributed by atoms with Gasteiger partial charge in [-0.25, -0.2) is 4.79 Å². The van der Waals surface area contributed by atoms with Crippen molar-refractivity contribution in [3.63, 3.8) is 0 Å². The van der Waals surface area contributed by atoms with Crippen LogP contribution in [0, 0.1) is 19.8 Å². The van der Waals surface area contributed by atoms with Crippen LogP contribution in [0.5, 0.6) is 0 Å². The zero-order chi connectivity index (χ0) is 27.0. The van der Waals surface area contributed by atoms with Crippen molar-refractivity contribution < 1.29 is 24.2 Å². The van der Waals surface area contributed by atoms with Gasteiger partial charge in [0.1, 0.15) is 17.7 Å². The number of carbonyl (C=O) groups is 3. The van der Waals surface area contributed by atoms with Crippen LogP contribution in [0.2, 0.25) is 0 Å². The van der Waals surface area contributed by atoms with Crippen molar-refractivity contribution in [1.29, 1.82) is 0 Å². The number of hydrogen-bond acceptors (Lipinski definition) is 5. The molecule has 0 radical (unpaired) electrons. The molecule has 3 N–H and O–H groups in total. The van der Waals surface area contributed by atoms with Crippen LogP contribution in [0.25, 0.3) is 0 Å². The lowest BCUT2D eigenvalue weighted by atomic mass is 9.93. The normalized spacial score (nSPS) is 16.2. The molecule has 0 bridgehead atoms. The summed E-state index contributed by atoms with van der Waals surface area (Å²) in [7, 11) is 0. The summed E-state index contributed by atoms with van der Waals surface area (Å²) >= 11 is 0. The SMILES string of the molecule is Cc1ccc(C(C(=O)NC2CCCCC2)N(CCO)C(=O)C(NC(=O)OC(C)(C)C)C(C)C)c(C)c1. The summed E-state index contributed by atoms with van der Waals surface area (Å²) in [6.45, 7) is 12.4. The van der Waals surface area contributed by atoms with E-state index < -0.39 is 29.7 Å². The third-order valence-corrected chi connectivity index (χ3v) is 6.46. The number of ether oxygens (including phenoxy) is 1. The summed E-state index contributed by atoms with van der Waals surface area (Å²) in [5.41, 5.74) is 1.92. The van der Waals surface area contributed by atoms with E-state index in [1.807, 2.05) is 45.9 Å². The molecule has 2 atom stereocenters. The van der Waals surface area contributed by atoms with Crippen LogP contribution in [0.1, 0.15) is 89.5 Å². The molecule has 0 saturated heterocycles. The van der Waals surface area contributed by atoms with E-state index in [2.05, 4.69) is 10.6 Å². The van der Waals surface area contributed by atoms with E-state index in [1.165, 1.54) is 4.90 Å². The van der Waals surface area contributed by atoms with Crippen LogP contribution in [0.15, 0.2) is 18.2 Å². The summed E-state index contributed by atoms with van der Waals surface area (Å²) in [5, 5.41) is 15.8. The first kappa shape index (κ1) is 29.6. The smallest absolute Gasteiger partial charge is 0.408 e. The van der Waals surface area contributed by atoms with Gasteiger partial charge in [0.05, 0.1) is 6.61 Å². The Kier molecular flexibility index (Phi) is 10.8. The fourth-order valence-corrected chi connectivity index (χ4v) is 4.71. The second-order valence-corrected chi connectivity index (χ2v) is 11.2. The molecule has 1 fully saturated rings. The van der Waals surface area contributed by atoms with Crippen molar-refractivity contribution in [3.8, 4) is 0 Å².